The molecule has 43 heavy (non-hydrogen) atoms. The molecule has 0 saturated carbocycles. The van der Waals surface area contributed by atoms with Gasteiger partial charge >= 0.3 is 23.9 Å². The van der Waals surface area contributed by atoms with Crippen LogP contribution in [0, 0.1) is 0 Å². The molecule has 248 valence electrons. The summed E-state index contributed by atoms with van der Waals surface area (Å²) in [6, 6.07) is -2.42. The van der Waals surface area contributed by atoms with Crippen molar-refractivity contribution in [2.75, 3.05) is 26.4 Å². The van der Waals surface area contributed by atoms with E-state index >= 15 is 0 Å². The molecule has 0 aliphatic carbocycles. The molecular weight excluding hydrogens is 599 g/mol. The lowest BCUT2D eigenvalue weighted by Gasteiger charge is -2.19. The molecule has 0 rings (SSSR count). The van der Waals surface area contributed by atoms with E-state index in [9.17, 15) is 43.2 Å². The van der Waals surface area contributed by atoms with Crippen LogP contribution in [0.1, 0.15) is 58.8 Å². The highest BCUT2D eigenvalue weighted by molar-refractivity contribution is 7.16. The first-order chi connectivity index (χ1) is 20.1. The third-order valence-corrected chi connectivity index (χ3v) is 4.64. The molecule has 0 spiro atoms. The van der Waals surface area contributed by atoms with Gasteiger partial charge in [0.05, 0.1) is 13.1 Å². The summed E-state index contributed by atoms with van der Waals surface area (Å²) in [6.45, 7) is 2.27. The summed E-state index contributed by atoms with van der Waals surface area (Å²) in [6.07, 6.45) is 0.142. The van der Waals surface area contributed by atoms with Gasteiger partial charge in [-0.25, -0.2) is 0 Å². The number of amides is 4. The van der Waals surface area contributed by atoms with E-state index in [1.165, 1.54) is 0 Å². The number of aldehydes is 1. The molecule has 0 aromatic rings. The summed E-state index contributed by atoms with van der Waals surface area (Å²) >= 11 is 0. The van der Waals surface area contributed by atoms with E-state index in [1.54, 1.807) is 13.8 Å². The van der Waals surface area contributed by atoms with Crippen molar-refractivity contribution in [2.24, 2.45) is 0 Å². The van der Waals surface area contributed by atoms with E-state index in [-0.39, 0.29) is 45.1 Å². The van der Waals surface area contributed by atoms with Crippen LogP contribution in [0.4, 0.5) is 0 Å². The van der Waals surface area contributed by atoms with Gasteiger partial charge in [-0.3, -0.25) is 38.4 Å². The van der Waals surface area contributed by atoms with Crippen LogP contribution in [0.2, 0.25) is 0 Å². The first-order valence-electron chi connectivity index (χ1n) is 12.7. The monoisotopic (exact) mass is 642 g/mol. The van der Waals surface area contributed by atoms with Crippen molar-refractivity contribution in [3.8, 4) is 0 Å². The third-order valence-electron chi connectivity index (χ3n) is 4.36. The van der Waals surface area contributed by atoms with E-state index in [1.807, 2.05) is 0 Å². The molecule has 0 fully saturated rings. The maximum atomic E-state index is 12.3. The predicted octanol–water partition coefficient (Wildman–Crippen LogP) is -2.05. The van der Waals surface area contributed by atoms with E-state index < -0.39 is 72.6 Å². The van der Waals surface area contributed by atoms with Crippen molar-refractivity contribution in [2.45, 2.75) is 70.9 Å². The summed E-state index contributed by atoms with van der Waals surface area (Å²) in [4.78, 5) is 98.6. The molecule has 3 atom stereocenters. The summed E-state index contributed by atoms with van der Waals surface area (Å²) in [5, 5.41) is 49.1. The summed E-state index contributed by atoms with van der Waals surface area (Å²) in [7, 11) is 3.34. The largest absolute Gasteiger partial charge is 0.481 e. The van der Waals surface area contributed by atoms with Crippen LogP contribution in [0.3, 0.4) is 0 Å². The summed E-state index contributed by atoms with van der Waals surface area (Å²) in [5.41, 5.74) is 0. The third kappa shape index (κ3) is 33.9. The van der Waals surface area contributed by atoms with Crippen LogP contribution >= 0.6 is 9.24 Å². The summed E-state index contributed by atoms with van der Waals surface area (Å²) < 4.78 is 0. The Kier molecular flexibility index (Phi) is 32.8. The van der Waals surface area contributed by atoms with Crippen molar-refractivity contribution < 1.29 is 68.7 Å². The quantitative estimate of drug-likeness (QED) is 0.0574. The van der Waals surface area contributed by atoms with Gasteiger partial charge in [0.1, 0.15) is 18.4 Å². The number of hydrogen-bond donors (Lipinski definition) is 9. The van der Waals surface area contributed by atoms with Crippen molar-refractivity contribution in [1.29, 1.82) is 0 Å². The van der Waals surface area contributed by atoms with E-state index in [0.717, 1.165) is 7.11 Å². The van der Waals surface area contributed by atoms with Gasteiger partial charge in [-0.1, -0.05) is 13.8 Å². The number of carboxylic acids is 4. The fourth-order valence-electron chi connectivity index (χ4n) is 2.27. The molecular formula is C24H43N4O14P. The highest BCUT2D eigenvalue weighted by Crippen LogP contribution is 2.01. The Labute approximate surface area is 250 Å². The number of carboxylic acid groups (broad SMARTS) is 4. The second-order valence-corrected chi connectivity index (χ2v) is 8.35. The number of nitrogens with one attached hydrogen (secondary N) is 4. The number of aliphatic hydroxyl groups is 1. The minimum atomic E-state index is -1.25. The number of rotatable bonds is 18. The number of aliphatic carboxylic acids is 4. The topological polar surface area (TPSA) is 303 Å². The van der Waals surface area contributed by atoms with Crippen LogP contribution < -0.4 is 21.3 Å². The Morgan fingerprint density at radius 2 is 1.02 bits per heavy atom. The first-order valence-corrected chi connectivity index (χ1v) is 13.6. The summed E-state index contributed by atoms with van der Waals surface area (Å²) in [5.74, 6) is -6.70. The number of aliphatic hydroxyl groups excluding tert-OH is 1. The van der Waals surface area contributed by atoms with Crippen LogP contribution in [0.15, 0.2) is 0 Å². The highest BCUT2D eigenvalue weighted by Gasteiger charge is 2.24. The lowest BCUT2D eigenvalue weighted by atomic mass is 10.1. The fraction of sp³-hybridized carbons (Fsp3) is 0.625. The minimum Gasteiger partial charge on any atom is -0.481 e. The van der Waals surface area contributed by atoms with E-state index in [4.69, 9.17) is 25.5 Å². The Hall–Kier alpha value is -4.18. The molecule has 9 N–H and O–H groups in total. The van der Waals surface area contributed by atoms with Crippen LogP contribution in [0.25, 0.3) is 0 Å². The Morgan fingerprint density at radius 3 is 1.35 bits per heavy atom. The maximum Gasteiger partial charge on any atom is 0.303 e. The van der Waals surface area contributed by atoms with E-state index in [2.05, 4.69) is 30.5 Å². The van der Waals surface area contributed by atoms with Crippen molar-refractivity contribution in [3.05, 3.63) is 0 Å². The van der Waals surface area contributed by atoms with Gasteiger partial charge in [0.2, 0.25) is 23.6 Å². The number of carbonyl (C=O) groups excluding carboxylic acids is 5. The molecule has 0 aromatic heterocycles. The predicted molar refractivity (Wildman–Crippen MR) is 153 cm³/mol. The number of carbonyl (C=O) groups is 9. The number of hydrogen-bond acceptors (Lipinski definition) is 10. The molecule has 4 amide bonds. The first kappa shape index (κ1) is 45.8. The molecule has 0 aromatic carbocycles. The fourth-order valence-corrected chi connectivity index (χ4v) is 2.53. The zero-order valence-electron chi connectivity index (χ0n) is 24.3. The zero-order chi connectivity index (χ0) is 34.4. The Bertz CT molecular complexity index is 887. The van der Waals surface area contributed by atoms with Crippen molar-refractivity contribution in [3.63, 3.8) is 0 Å². The lowest BCUT2D eigenvalue weighted by molar-refractivity contribution is -0.138. The molecule has 19 heteroatoms. The van der Waals surface area contributed by atoms with Crippen molar-refractivity contribution >= 4 is 63.0 Å². The van der Waals surface area contributed by atoms with Gasteiger partial charge in [0.15, 0.2) is 0 Å². The maximum absolute atomic E-state index is 12.3. The minimum absolute atomic E-state index is 0.100. The SMILES string of the molecule is CCC(=O)O.CCC(=O)O.CO.O=CCNC(=O)C(CCC(=O)O)NC(=O)CNC(=O)C(CCC(=O)O)NC(=O)CCP. The van der Waals surface area contributed by atoms with E-state index in [0.29, 0.717) is 12.4 Å². The van der Waals surface area contributed by atoms with Crippen LogP contribution in [-0.4, -0.2) is 118 Å². The molecule has 0 bridgehead atoms. The second kappa shape index (κ2) is 30.8. The molecule has 0 saturated heterocycles. The molecule has 0 heterocycles. The smallest absolute Gasteiger partial charge is 0.303 e. The average molecular weight is 643 g/mol. The standard InChI is InChI=1S/C17H27N4O9P.2C3H6O2.CH4O/c22-7-6-18-16(29)10(1-3-14(25)26)21-13(24)9-19-17(30)11(2-4-15(27)28)20-12(23)5-8-31;2*1-2-3(4)5;1-2/h7,10-11H,1-6,8-9,31H2,(H,18,29)(H,19,30)(H,20,23)(H,21,24)(H,25,26)(H,27,28);2*2H2,1H3,(H,4,5);2H,1H3. The molecule has 18 nitrogen and oxygen atoms in total. The zero-order valence-corrected chi connectivity index (χ0v) is 25.4. The average Bonchev–Trinajstić information content (AvgIpc) is 2.96. The van der Waals surface area contributed by atoms with Crippen molar-refractivity contribution in [1.82, 2.24) is 21.3 Å². The highest BCUT2D eigenvalue weighted by atomic mass is 31.0. The van der Waals surface area contributed by atoms with Gasteiger partial charge in [-0.2, -0.15) is 0 Å². The van der Waals surface area contributed by atoms with Crippen LogP contribution in [-0.2, 0) is 43.2 Å². The van der Waals surface area contributed by atoms with Gasteiger partial charge in [0, 0.05) is 39.2 Å². The molecule has 0 aliphatic rings. The Balaban J connectivity index is -0.000000533. The van der Waals surface area contributed by atoms with Gasteiger partial charge in [-0.15, -0.1) is 9.24 Å². The molecule has 0 aliphatic heterocycles. The van der Waals surface area contributed by atoms with Crippen LogP contribution in [0.5, 0.6) is 0 Å². The van der Waals surface area contributed by atoms with Gasteiger partial charge < -0.3 is 51.6 Å². The Morgan fingerprint density at radius 1 is 0.651 bits per heavy atom. The normalized spacial score (nSPS) is 10.5. The van der Waals surface area contributed by atoms with Gasteiger partial charge in [-0.05, 0) is 19.0 Å². The lowest BCUT2D eigenvalue weighted by Crippen LogP contribution is -2.52. The molecule has 0 radical (unpaired) electrons. The second-order valence-electron chi connectivity index (χ2n) is 7.77. The van der Waals surface area contributed by atoms with Gasteiger partial charge in [0.25, 0.3) is 0 Å². The molecule has 3 unspecified atom stereocenters.